The summed E-state index contributed by atoms with van der Waals surface area (Å²) in [5.74, 6) is 0.191. The van der Waals surface area contributed by atoms with Crippen LogP contribution in [0.1, 0.15) is 61.7 Å². The maximum atomic E-state index is 13.7. The van der Waals surface area contributed by atoms with Gasteiger partial charge in [0.15, 0.2) is 0 Å². The standard InChI is InChI=1S/C31H32F3N3O2/c1-4-5-8-19-36(28(38)20-23-13-15-24(16-14-23)31(32,33)34)22(3)29-35-27-10-7-6-9-26(27)30(39)37(29)25-17-11-21(2)12-18-25/h6-7,9-18,22H,4-5,8,19-20H2,1-3H3. The number of amides is 1. The number of hydrogen-bond acceptors (Lipinski definition) is 3. The first-order chi connectivity index (χ1) is 18.6. The minimum Gasteiger partial charge on any atom is -0.332 e. The van der Waals surface area contributed by atoms with Gasteiger partial charge in [-0.25, -0.2) is 4.98 Å². The molecule has 1 aromatic heterocycles. The molecule has 0 spiro atoms. The Morgan fingerprint density at radius 3 is 2.28 bits per heavy atom. The molecule has 204 valence electrons. The van der Waals surface area contributed by atoms with Crippen molar-refractivity contribution < 1.29 is 18.0 Å². The average molecular weight is 536 g/mol. The summed E-state index contributed by atoms with van der Waals surface area (Å²) in [6.07, 6.45) is -1.88. The van der Waals surface area contributed by atoms with Crippen LogP contribution in [0.4, 0.5) is 13.2 Å². The highest BCUT2D eigenvalue weighted by Gasteiger charge is 2.30. The maximum Gasteiger partial charge on any atom is 0.416 e. The van der Waals surface area contributed by atoms with Crippen molar-refractivity contribution >= 4 is 16.8 Å². The molecular formula is C31H32F3N3O2. The van der Waals surface area contributed by atoms with Crippen molar-refractivity contribution in [2.75, 3.05) is 6.54 Å². The summed E-state index contributed by atoms with van der Waals surface area (Å²) in [5, 5.41) is 0.475. The fraction of sp³-hybridized carbons (Fsp3) is 0.323. The Kier molecular flexibility index (Phi) is 8.53. The second-order valence-corrected chi connectivity index (χ2v) is 9.80. The SMILES string of the molecule is CCCCCN(C(=O)Cc1ccc(C(F)(F)F)cc1)C(C)c1nc2ccccc2c(=O)n1-c1ccc(C)cc1. The molecule has 0 radical (unpaired) electrons. The van der Waals surface area contributed by atoms with E-state index in [0.717, 1.165) is 37.0 Å². The molecule has 1 heterocycles. The molecule has 0 saturated heterocycles. The summed E-state index contributed by atoms with van der Waals surface area (Å²) in [5.41, 5.74) is 1.74. The number of hydrogen-bond donors (Lipinski definition) is 0. The van der Waals surface area contributed by atoms with Crippen LogP contribution in [0.3, 0.4) is 0 Å². The predicted molar refractivity (Wildman–Crippen MR) is 147 cm³/mol. The first kappa shape index (κ1) is 28.1. The van der Waals surface area contributed by atoms with Gasteiger partial charge in [-0.2, -0.15) is 13.2 Å². The lowest BCUT2D eigenvalue weighted by Gasteiger charge is -2.31. The van der Waals surface area contributed by atoms with E-state index in [9.17, 15) is 22.8 Å². The number of benzene rings is 3. The first-order valence-electron chi connectivity index (χ1n) is 13.1. The number of para-hydroxylation sites is 1. The molecule has 0 fully saturated rings. The first-order valence-corrected chi connectivity index (χ1v) is 13.1. The quantitative estimate of drug-likeness (QED) is 0.216. The van der Waals surface area contributed by atoms with Crippen LogP contribution in [0.15, 0.2) is 77.6 Å². The normalized spacial score (nSPS) is 12.5. The Morgan fingerprint density at radius 1 is 0.974 bits per heavy atom. The Balaban J connectivity index is 1.76. The van der Waals surface area contributed by atoms with Gasteiger partial charge in [-0.05, 0) is 62.2 Å². The minimum absolute atomic E-state index is 0.0586. The Bertz CT molecular complexity index is 1490. The van der Waals surface area contributed by atoms with Gasteiger partial charge >= 0.3 is 6.18 Å². The van der Waals surface area contributed by atoms with Crippen LogP contribution in [0.25, 0.3) is 16.6 Å². The van der Waals surface area contributed by atoms with Crippen LogP contribution in [0.5, 0.6) is 0 Å². The molecular weight excluding hydrogens is 503 g/mol. The van der Waals surface area contributed by atoms with Crippen LogP contribution in [0, 0.1) is 6.92 Å². The van der Waals surface area contributed by atoms with E-state index < -0.39 is 17.8 Å². The van der Waals surface area contributed by atoms with Crippen molar-refractivity contribution in [3.8, 4) is 5.69 Å². The number of aryl methyl sites for hydroxylation is 1. The molecule has 0 saturated carbocycles. The Hall–Kier alpha value is -3.94. The smallest absolute Gasteiger partial charge is 0.332 e. The highest BCUT2D eigenvalue weighted by atomic mass is 19.4. The van der Waals surface area contributed by atoms with Gasteiger partial charge in [0.25, 0.3) is 5.56 Å². The van der Waals surface area contributed by atoms with Gasteiger partial charge in [0, 0.05) is 6.54 Å². The fourth-order valence-corrected chi connectivity index (χ4v) is 4.67. The van der Waals surface area contributed by atoms with Crippen LogP contribution in [-0.2, 0) is 17.4 Å². The third kappa shape index (κ3) is 6.38. The summed E-state index contributed by atoms with van der Waals surface area (Å²) in [7, 11) is 0. The largest absolute Gasteiger partial charge is 0.416 e. The number of unbranched alkanes of at least 4 members (excludes halogenated alkanes) is 2. The van der Waals surface area contributed by atoms with Crippen LogP contribution < -0.4 is 5.56 Å². The third-order valence-corrected chi connectivity index (χ3v) is 6.89. The van der Waals surface area contributed by atoms with Gasteiger partial charge in [-0.3, -0.25) is 14.2 Å². The topological polar surface area (TPSA) is 55.2 Å². The van der Waals surface area contributed by atoms with Crippen molar-refractivity contribution in [1.82, 2.24) is 14.5 Å². The third-order valence-electron chi connectivity index (χ3n) is 6.89. The van der Waals surface area contributed by atoms with E-state index in [1.54, 1.807) is 27.7 Å². The number of rotatable bonds is 9. The molecule has 0 aliphatic rings. The van der Waals surface area contributed by atoms with Gasteiger partial charge < -0.3 is 4.90 Å². The van der Waals surface area contributed by atoms with E-state index in [-0.39, 0.29) is 17.9 Å². The zero-order valence-electron chi connectivity index (χ0n) is 22.3. The lowest BCUT2D eigenvalue weighted by molar-refractivity contribution is -0.137. The number of aromatic nitrogens is 2. The highest BCUT2D eigenvalue weighted by molar-refractivity contribution is 5.80. The van der Waals surface area contributed by atoms with E-state index in [0.29, 0.717) is 34.5 Å². The number of halogens is 3. The number of alkyl halides is 3. The average Bonchev–Trinajstić information content (AvgIpc) is 2.91. The molecule has 5 nitrogen and oxygen atoms in total. The van der Waals surface area contributed by atoms with Gasteiger partial charge in [0.05, 0.1) is 34.6 Å². The Labute approximate surface area is 225 Å². The number of carbonyl (C=O) groups is 1. The van der Waals surface area contributed by atoms with Gasteiger partial charge in [-0.15, -0.1) is 0 Å². The van der Waals surface area contributed by atoms with Crippen molar-refractivity contribution in [1.29, 1.82) is 0 Å². The highest BCUT2D eigenvalue weighted by Crippen LogP contribution is 2.30. The van der Waals surface area contributed by atoms with E-state index in [2.05, 4.69) is 6.92 Å². The lowest BCUT2D eigenvalue weighted by atomic mass is 10.1. The van der Waals surface area contributed by atoms with Crippen molar-refractivity contribution in [2.24, 2.45) is 0 Å². The molecule has 8 heteroatoms. The molecule has 0 N–H and O–H groups in total. The molecule has 3 aromatic carbocycles. The molecule has 0 aliphatic carbocycles. The second kappa shape index (κ2) is 11.8. The van der Waals surface area contributed by atoms with Crippen LogP contribution in [-0.4, -0.2) is 26.9 Å². The van der Waals surface area contributed by atoms with E-state index in [4.69, 9.17) is 4.98 Å². The monoisotopic (exact) mass is 535 g/mol. The van der Waals surface area contributed by atoms with E-state index in [1.165, 1.54) is 12.1 Å². The maximum absolute atomic E-state index is 13.7. The van der Waals surface area contributed by atoms with Crippen molar-refractivity contribution in [3.63, 3.8) is 0 Å². The molecule has 1 amide bonds. The summed E-state index contributed by atoms with van der Waals surface area (Å²) >= 11 is 0. The van der Waals surface area contributed by atoms with E-state index >= 15 is 0 Å². The molecule has 0 aliphatic heterocycles. The fourth-order valence-electron chi connectivity index (χ4n) is 4.67. The molecule has 0 bridgehead atoms. The zero-order chi connectivity index (χ0) is 28.2. The van der Waals surface area contributed by atoms with Gasteiger partial charge in [-0.1, -0.05) is 61.7 Å². The minimum atomic E-state index is -4.44. The van der Waals surface area contributed by atoms with Crippen LogP contribution in [0.2, 0.25) is 0 Å². The van der Waals surface area contributed by atoms with Crippen molar-refractivity contribution in [3.05, 3.63) is 106 Å². The summed E-state index contributed by atoms with van der Waals surface area (Å²) in [6.45, 7) is 6.31. The zero-order valence-corrected chi connectivity index (χ0v) is 22.3. The molecule has 1 atom stereocenters. The van der Waals surface area contributed by atoms with E-state index in [1.807, 2.05) is 44.2 Å². The summed E-state index contributed by atoms with van der Waals surface area (Å²) < 4.78 is 40.6. The summed E-state index contributed by atoms with van der Waals surface area (Å²) in [6, 6.07) is 18.8. The number of nitrogens with zero attached hydrogens (tertiary/aromatic N) is 3. The number of fused-ring (bicyclic) bond motifs is 1. The predicted octanol–water partition coefficient (Wildman–Crippen LogP) is 7.04. The van der Waals surface area contributed by atoms with Crippen LogP contribution >= 0.6 is 0 Å². The molecule has 4 aromatic rings. The number of carbonyl (C=O) groups excluding carboxylic acids is 1. The summed E-state index contributed by atoms with van der Waals surface area (Å²) in [4.78, 5) is 33.9. The van der Waals surface area contributed by atoms with Crippen molar-refractivity contribution in [2.45, 2.75) is 58.7 Å². The molecule has 1 unspecified atom stereocenters. The molecule has 39 heavy (non-hydrogen) atoms. The lowest BCUT2D eigenvalue weighted by Crippen LogP contribution is -2.39. The Morgan fingerprint density at radius 2 is 1.64 bits per heavy atom. The van der Waals surface area contributed by atoms with Gasteiger partial charge in [0.1, 0.15) is 5.82 Å². The molecule has 4 rings (SSSR count). The van der Waals surface area contributed by atoms with Gasteiger partial charge in [0.2, 0.25) is 5.91 Å². The second-order valence-electron chi connectivity index (χ2n) is 9.80.